The van der Waals surface area contributed by atoms with Gasteiger partial charge in [-0.3, -0.25) is 9.78 Å². The number of aryl methyl sites for hydroxylation is 2. The fourth-order valence-electron chi connectivity index (χ4n) is 2.24. The second kappa shape index (κ2) is 6.80. The topological polar surface area (TPSA) is 68.0 Å². The summed E-state index contributed by atoms with van der Waals surface area (Å²) in [7, 11) is 0. The summed E-state index contributed by atoms with van der Waals surface area (Å²) >= 11 is 0. The number of aromatic nitrogens is 2. The summed E-state index contributed by atoms with van der Waals surface area (Å²) in [4.78, 5) is 15.4. The van der Waals surface area contributed by atoms with E-state index in [1.807, 2.05) is 6.92 Å². The first kappa shape index (κ1) is 17.0. The van der Waals surface area contributed by atoms with Crippen molar-refractivity contribution in [2.75, 3.05) is 6.54 Å². The van der Waals surface area contributed by atoms with Gasteiger partial charge in [-0.2, -0.15) is 13.2 Å². The minimum Gasteiger partial charge on any atom is -0.361 e. The van der Waals surface area contributed by atoms with Crippen LogP contribution in [0.3, 0.4) is 0 Å². The lowest BCUT2D eigenvalue weighted by molar-refractivity contribution is -0.138. The first-order valence-corrected chi connectivity index (χ1v) is 7.02. The standard InChI is InChI=1S/C15H16F3N3O2/c1-9-11(10(2)23-21-9)4-3-6-20-14(22)12-5-7-19-8-13(12)15(16,17)18/h5,7-8H,3-4,6H2,1-2H3,(H,20,22). The van der Waals surface area contributed by atoms with E-state index in [-0.39, 0.29) is 6.54 Å². The van der Waals surface area contributed by atoms with Gasteiger partial charge in [0.05, 0.1) is 16.8 Å². The minimum absolute atomic E-state index is 0.252. The van der Waals surface area contributed by atoms with Crippen molar-refractivity contribution in [3.8, 4) is 0 Å². The van der Waals surface area contributed by atoms with E-state index in [0.717, 1.165) is 23.5 Å². The number of nitrogens with one attached hydrogen (secondary N) is 1. The Morgan fingerprint density at radius 3 is 2.70 bits per heavy atom. The third-order valence-electron chi connectivity index (χ3n) is 3.44. The van der Waals surface area contributed by atoms with E-state index in [2.05, 4.69) is 15.5 Å². The van der Waals surface area contributed by atoms with Gasteiger partial charge in [-0.1, -0.05) is 5.16 Å². The molecule has 0 aliphatic carbocycles. The van der Waals surface area contributed by atoms with E-state index in [1.165, 1.54) is 0 Å². The summed E-state index contributed by atoms with van der Waals surface area (Å²) in [5, 5.41) is 6.32. The quantitative estimate of drug-likeness (QED) is 0.857. The van der Waals surface area contributed by atoms with Gasteiger partial charge in [-0.05, 0) is 32.8 Å². The number of halogens is 3. The predicted octanol–water partition coefficient (Wildman–Crippen LogP) is 3.07. The SMILES string of the molecule is Cc1noc(C)c1CCCNC(=O)c1ccncc1C(F)(F)F. The lowest BCUT2D eigenvalue weighted by Gasteiger charge is -2.12. The highest BCUT2D eigenvalue weighted by Crippen LogP contribution is 2.31. The maximum Gasteiger partial charge on any atom is 0.418 e. The molecular formula is C15H16F3N3O2. The van der Waals surface area contributed by atoms with Crippen LogP contribution in [0.2, 0.25) is 0 Å². The highest BCUT2D eigenvalue weighted by molar-refractivity contribution is 5.95. The largest absolute Gasteiger partial charge is 0.418 e. The number of amides is 1. The van der Waals surface area contributed by atoms with Crippen LogP contribution in [0, 0.1) is 13.8 Å². The van der Waals surface area contributed by atoms with Crippen molar-refractivity contribution in [3.05, 3.63) is 46.6 Å². The highest BCUT2D eigenvalue weighted by atomic mass is 19.4. The van der Waals surface area contributed by atoms with Crippen LogP contribution in [-0.2, 0) is 12.6 Å². The summed E-state index contributed by atoms with van der Waals surface area (Å²) in [5.74, 6) is -0.0548. The molecule has 8 heteroatoms. The van der Waals surface area contributed by atoms with E-state index < -0.39 is 23.2 Å². The smallest absolute Gasteiger partial charge is 0.361 e. The second-order valence-electron chi connectivity index (χ2n) is 5.08. The Labute approximate surface area is 130 Å². The minimum atomic E-state index is -4.61. The molecule has 0 radical (unpaired) electrons. The second-order valence-corrected chi connectivity index (χ2v) is 5.08. The number of nitrogens with zero attached hydrogens (tertiary/aromatic N) is 2. The van der Waals surface area contributed by atoms with Gasteiger partial charge in [0.15, 0.2) is 0 Å². The van der Waals surface area contributed by atoms with Crippen LogP contribution in [0.1, 0.15) is 39.4 Å². The van der Waals surface area contributed by atoms with E-state index in [4.69, 9.17) is 4.52 Å². The Bertz CT molecular complexity index is 676. The number of carbonyl (C=O) groups is 1. The number of alkyl halides is 3. The molecule has 0 saturated carbocycles. The first-order chi connectivity index (χ1) is 10.8. The zero-order valence-electron chi connectivity index (χ0n) is 12.7. The van der Waals surface area contributed by atoms with Crippen molar-refractivity contribution in [3.63, 3.8) is 0 Å². The summed E-state index contributed by atoms with van der Waals surface area (Å²) in [6.45, 7) is 3.86. The molecule has 0 spiro atoms. The van der Waals surface area contributed by atoms with Crippen LogP contribution >= 0.6 is 0 Å². The molecule has 0 aromatic carbocycles. The van der Waals surface area contributed by atoms with Crippen LogP contribution in [0.5, 0.6) is 0 Å². The summed E-state index contributed by atoms with van der Waals surface area (Å²) in [6.07, 6.45) is -1.60. The number of rotatable bonds is 5. The van der Waals surface area contributed by atoms with Gasteiger partial charge in [-0.25, -0.2) is 0 Å². The Hall–Kier alpha value is -2.38. The zero-order chi connectivity index (χ0) is 17.0. The van der Waals surface area contributed by atoms with Gasteiger partial charge in [0.25, 0.3) is 5.91 Å². The molecule has 0 saturated heterocycles. The van der Waals surface area contributed by atoms with Crippen molar-refractivity contribution in [1.29, 1.82) is 0 Å². The molecule has 0 fully saturated rings. The normalized spacial score (nSPS) is 11.5. The third kappa shape index (κ3) is 4.08. The average Bonchev–Trinajstić information content (AvgIpc) is 2.82. The zero-order valence-corrected chi connectivity index (χ0v) is 12.7. The van der Waals surface area contributed by atoms with Crippen molar-refractivity contribution in [2.24, 2.45) is 0 Å². The number of pyridine rings is 1. The molecular weight excluding hydrogens is 311 g/mol. The van der Waals surface area contributed by atoms with E-state index in [1.54, 1.807) is 6.92 Å². The van der Waals surface area contributed by atoms with Crippen LogP contribution in [0.15, 0.2) is 23.0 Å². The van der Waals surface area contributed by atoms with Crippen LogP contribution in [-0.4, -0.2) is 22.6 Å². The van der Waals surface area contributed by atoms with Gasteiger partial charge in [0.2, 0.25) is 0 Å². The molecule has 2 rings (SSSR count). The Morgan fingerprint density at radius 1 is 1.35 bits per heavy atom. The highest BCUT2D eigenvalue weighted by Gasteiger charge is 2.35. The van der Waals surface area contributed by atoms with Crippen molar-refractivity contribution < 1.29 is 22.5 Å². The Morgan fingerprint density at radius 2 is 2.09 bits per heavy atom. The number of hydrogen-bond donors (Lipinski definition) is 1. The lowest BCUT2D eigenvalue weighted by atomic mass is 10.1. The molecule has 0 aliphatic heterocycles. The molecule has 0 unspecified atom stereocenters. The molecule has 0 aliphatic rings. The van der Waals surface area contributed by atoms with Crippen molar-refractivity contribution in [1.82, 2.24) is 15.5 Å². The predicted molar refractivity (Wildman–Crippen MR) is 75.9 cm³/mol. The number of carbonyl (C=O) groups excluding carboxylic acids is 1. The van der Waals surface area contributed by atoms with E-state index >= 15 is 0 Å². The fraction of sp³-hybridized carbons (Fsp3) is 0.400. The molecule has 0 atom stereocenters. The van der Waals surface area contributed by atoms with Crippen molar-refractivity contribution >= 4 is 5.91 Å². The molecule has 2 heterocycles. The summed E-state index contributed by atoms with van der Waals surface area (Å²) in [6, 6.07) is 1.06. The third-order valence-corrected chi connectivity index (χ3v) is 3.44. The molecule has 23 heavy (non-hydrogen) atoms. The molecule has 0 bridgehead atoms. The molecule has 2 aromatic heterocycles. The van der Waals surface area contributed by atoms with Gasteiger partial charge in [0, 0.05) is 24.5 Å². The molecule has 5 nitrogen and oxygen atoms in total. The molecule has 124 valence electrons. The average molecular weight is 327 g/mol. The maximum absolute atomic E-state index is 12.8. The Kier molecular flexibility index (Phi) is 5.02. The monoisotopic (exact) mass is 327 g/mol. The summed E-state index contributed by atoms with van der Waals surface area (Å²) in [5.41, 5.74) is 0.273. The lowest BCUT2D eigenvalue weighted by Crippen LogP contribution is -2.27. The summed E-state index contributed by atoms with van der Waals surface area (Å²) < 4.78 is 43.5. The van der Waals surface area contributed by atoms with Crippen molar-refractivity contribution in [2.45, 2.75) is 32.9 Å². The van der Waals surface area contributed by atoms with Gasteiger partial charge in [-0.15, -0.1) is 0 Å². The van der Waals surface area contributed by atoms with E-state index in [9.17, 15) is 18.0 Å². The van der Waals surface area contributed by atoms with Gasteiger partial charge < -0.3 is 9.84 Å². The molecule has 2 aromatic rings. The first-order valence-electron chi connectivity index (χ1n) is 7.02. The maximum atomic E-state index is 12.8. The molecule has 1 N–H and O–H groups in total. The molecule has 1 amide bonds. The fourth-order valence-corrected chi connectivity index (χ4v) is 2.24. The van der Waals surface area contributed by atoms with Gasteiger partial charge in [0.1, 0.15) is 5.76 Å². The Balaban J connectivity index is 1.94. The van der Waals surface area contributed by atoms with Crippen LogP contribution in [0.25, 0.3) is 0 Å². The number of hydrogen-bond acceptors (Lipinski definition) is 4. The van der Waals surface area contributed by atoms with Crippen LogP contribution in [0.4, 0.5) is 13.2 Å². The van der Waals surface area contributed by atoms with Crippen LogP contribution < -0.4 is 5.32 Å². The van der Waals surface area contributed by atoms with E-state index in [0.29, 0.717) is 24.8 Å². The van der Waals surface area contributed by atoms with Gasteiger partial charge >= 0.3 is 6.18 Å².